The number of nitrogen functional groups attached to an aromatic ring is 1. The Hall–Kier alpha value is -3.42. The maximum atomic E-state index is 13.0. The molecule has 1 aliphatic carbocycles. The Morgan fingerprint density at radius 3 is 2.58 bits per heavy atom. The van der Waals surface area contributed by atoms with Crippen LogP contribution in [0.1, 0.15) is 50.8 Å². The highest BCUT2D eigenvalue weighted by Crippen LogP contribution is 2.40. The number of amides is 1. The molecule has 1 amide bonds. The number of rotatable bonds is 2. The van der Waals surface area contributed by atoms with E-state index in [1.54, 1.807) is 4.90 Å². The molecule has 3 aromatic rings. The zero-order valence-corrected chi connectivity index (χ0v) is 17.9. The Morgan fingerprint density at radius 2 is 1.87 bits per heavy atom. The smallest absolute Gasteiger partial charge is 0.414 e. The van der Waals surface area contributed by atoms with E-state index in [1.807, 2.05) is 51.1 Å². The van der Waals surface area contributed by atoms with Crippen molar-refractivity contribution in [2.24, 2.45) is 0 Å². The van der Waals surface area contributed by atoms with Crippen molar-refractivity contribution in [2.75, 3.05) is 17.2 Å². The molecule has 8 nitrogen and oxygen atoms in total. The number of carbonyl (C=O) groups excluding carboxylic acids is 1. The van der Waals surface area contributed by atoms with Gasteiger partial charge in [-0.25, -0.2) is 19.1 Å². The molecule has 8 heteroatoms. The van der Waals surface area contributed by atoms with Crippen LogP contribution in [0.2, 0.25) is 0 Å². The molecule has 2 aliphatic rings. The van der Waals surface area contributed by atoms with Crippen molar-refractivity contribution in [2.45, 2.75) is 51.6 Å². The minimum absolute atomic E-state index is 0.175. The molecule has 2 N–H and O–H groups in total. The van der Waals surface area contributed by atoms with Gasteiger partial charge in [0.2, 0.25) is 0 Å². The van der Waals surface area contributed by atoms with Gasteiger partial charge in [-0.2, -0.15) is 4.98 Å². The molecule has 0 atom stereocenters. The monoisotopic (exact) mass is 419 g/mol. The number of hydrogen-bond donors (Lipinski definition) is 1. The largest absolute Gasteiger partial charge is 0.443 e. The molecule has 1 saturated carbocycles. The predicted octanol–water partition coefficient (Wildman–Crippen LogP) is 3.54. The fraction of sp³-hybridized carbons (Fsp3) is 0.391. The minimum Gasteiger partial charge on any atom is -0.443 e. The first-order valence-corrected chi connectivity index (χ1v) is 10.5. The molecule has 1 aliphatic heterocycles. The lowest BCUT2D eigenvalue weighted by Gasteiger charge is -2.25. The Bertz CT molecular complexity index is 1270. The van der Waals surface area contributed by atoms with E-state index in [2.05, 4.69) is 4.98 Å². The Kier molecular flexibility index (Phi) is 4.28. The van der Waals surface area contributed by atoms with Crippen LogP contribution in [0.5, 0.6) is 0 Å². The first-order chi connectivity index (χ1) is 14.7. The number of aromatic nitrogens is 3. The van der Waals surface area contributed by atoms with Gasteiger partial charge in [0.25, 0.3) is 0 Å². The van der Waals surface area contributed by atoms with Gasteiger partial charge >= 0.3 is 11.8 Å². The molecule has 1 fully saturated rings. The SMILES string of the molecule is CC(C)(C)OC(=O)N1CCc2c1cccc2-n1c(=O)nc(N)c2ccc(C3CC3)nc21. The molecular weight excluding hydrogens is 394 g/mol. The number of nitrogens with two attached hydrogens (primary N) is 1. The van der Waals surface area contributed by atoms with E-state index in [4.69, 9.17) is 15.5 Å². The molecule has 2 aromatic heterocycles. The second-order valence-electron chi connectivity index (χ2n) is 9.15. The van der Waals surface area contributed by atoms with E-state index < -0.39 is 17.4 Å². The van der Waals surface area contributed by atoms with Crippen molar-refractivity contribution in [3.63, 3.8) is 0 Å². The van der Waals surface area contributed by atoms with Crippen LogP contribution in [-0.4, -0.2) is 32.8 Å². The number of ether oxygens (including phenoxy) is 1. The summed E-state index contributed by atoms with van der Waals surface area (Å²) >= 11 is 0. The van der Waals surface area contributed by atoms with Crippen molar-refractivity contribution in [3.05, 3.63) is 52.1 Å². The van der Waals surface area contributed by atoms with Crippen LogP contribution >= 0.6 is 0 Å². The first kappa shape index (κ1) is 19.5. The van der Waals surface area contributed by atoms with Gasteiger partial charge in [-0.1, -0.05) is 6.07 Å². The fourth-order valence-electron chi connectivity index (χ4n) is 4.09. The fourth-order valence-corrected chi connectivity index (χ4v) is 4.09. The van der Waals surface area contributed by atoms with Crippen LogP contribution < -0.4 is 16.3 Å². The van der Waals surface area contributed by atoms with Crippen LogP contribution in [0.15, 0.2) is 35.1 Å². The van der Waals surface area contributed by atoms with Gasteiger partial charge in [-0.15, -0.1) is 0 Å². The topological polar surface area (TPSA) is 103 Å². The third-order valence-corrected chi connectivity index (χ3v) is 5.64. The summed E-state index contributed by atoms with van der Waals surface area (Å²) in [6, 6.07) is 9.42. The lowest BCUT2D eigenvalue weighted by Crippen LogP contribution is -2.35. The summed E-state index contributed by atoms with van der Waals surface area (Å²) in [4.78, 5) is 36.2. The molecule has 0 radical (unpaired) electrons. The van der Waals surface area contributed by atoms with E-state index in [9.17, 15) is 9.59 Å². The highest BCUT2D eigenvalue weighted by Gasteiger charge is 2.31. The third-order valence-electron chi connectivity index (χ3n) is 5.64. The zero-order chi connectivity index (χ0) is 21.9. The molecule has 160 valence electrons. The second-order valence-corrected chi connectivity index (χ2v) is 9.15. The van der Waals surface area contributed by atoms with Crippen LogP contribution in [-0.2, 0) is 11.2 Å². The van der Waals surface area contributed by atoms with E-state index in [-0.39, 0.29) is 5.82 Å². The highest BCUT2D eigenvalue weighted by molar-refractivity contribution is 5.92. The molecule has 3 heterocycles. The number of anilines is 2. The first-order valence-electron chi connectivity index (χ1n) is 10.5. The number of benzene rings is 1. The summed E-state index contributed by atoms with van der Waals surface area (Å²) in [5.74, 6) is 0.612. The average Bonchev–Trinajstić information content (AvgIpc) is 3.45. The molecule has 31 heavy (non-hydrogen) atoms. The van der Waals surface area contributed by atoms with Crippen molar-refractivity contribution in [3.8, 4) is 5.69 Å². The van der Waals surface area contributed by atoms with Crippen LogP contribution in [0.3, 0.4) is 0 Å². The van der Waals surface area contributed by atoms with E-state index >= 15 is 0 Å². The minimum atomic E-state index is -0.589. The van der Waals surface area contributed by atoms with Gasteiger partial charge in [0.1, 0.15) is 11.4 Å². The standard InChI is InChI=1S/C23H25N5O3/c1-23(2,3)31-22(30)27-12-11-14-17(27)5-4-6-18(14)28-20-15(19(24)26-21(28)29)9-10-16(25-20)13-7-8-13/h4-6,9-10,13H,7-8,11-12H2,1-3H3,(H2,24,26,29). The van der Waals surface area contributed by atoms with Crippen LogP contribution in [0, 0.1) is 0 Å². The summed E-state index contributed by atoms with van der Waals surface area (Å²) < 4.78 is 7.08. The molecular formula is C23H25N5O3. The summed E-state index contributed by atoms with van der Waals surface area (Å²) in [5.41, 5.74) is 8.75. The van der Waals surface area contributed by atoms with Gasteiger partial charge in [-0.3, -0.25) is 4.90 Å². The molecule has 1 aromatic carbocycles. The lowest BCUT2D eigenvalue weighted by molar-refractivity contribution is 0.0584. The lowest BCUT2D eigenvalue weighted by atomic mass is 10.1. The van der Waals surface area contributed by atoms with Crippen molar-refractivity contribution in [1.82, 2.24) is 14.5 Å². The second kappa shape index (κ2) is 6.80. The molecule has 0 bridgehead atoms. The molecule has 0 unspecified atom stereocenters. The number of nitrogens with zero attached hydrogens (tertiary/aromatic N) is 4. The van der Waals surface area contributed by atoms with Crippen molar-refractivity contribution >= 4 is 28.6 Å². The van der Waals surface area contributed by atoms with Gasteiger partial charge in [0, 0.05) is 23.7 Å². The maximum Gasteiger partial charge on any atom is 0.414 e. The Morgan fingerprint density at radius 1 is 1.13 bits per heavy atom. The quantitative estimate of drug-likeness (QED) is 0.681. The number of carbonyl (C=O) groups is 1. The molecule has 0 saturated heterocycles. The summed E-state index contributed by atoms with van der Waals surface area (Å²) in [6.45, 7) is 6.00. The Balaban J connectivity index is 1.67. The normalized spacial score (nSPS) is 15.9. The van der Waals surface area contributed by atoms with E-state index in [0.717, 1.165) is 29.8 Å². The molecule has 0 spiro atoms. The number of fused-ring (bicyclic) bond motifs is 2. The van der Waals surface area contributed by atoms with Crippen LogP contribution in [0.25, 0.3) is 16.7 Å². The number of pyridine rings is 1. The van der Waals surface area contributed by atoms with Gasteiger partial charge in [-0.05, 0) is 64.3 Å². The van der Waals surface area contributed by atoms with Gasteiger partial charge < -0.3 is 10.5 Å². The summed E-state index contributed by atoms with van der Waals surface area (Å²) in [5, 5.41) is 0.642. The van der Waals surface area contributed by atoms with Gasteiger partial charge in [0.15, 0.2) is 5.65 Å². The summed E-state index contributed by atoms with van der Waals surface area (Å²) in [7, 11) is 0. The Labute approximate surface area is 179 Å². The summed E-state index contributed by atoms with van der Waals surface area (Å²) in [6.07, 6.45) is 2.42. The van der Waals surface area contributed by atoms with Crippen molar-refractivity contribution in [1.29, 1.82) is 0 Å². The number of hydrogen-bond acceptors (Lipinski definition) is 6. The zero-order valence-electron chi connectivity index (χ0n) is 17.9. The van der Waals surface area contributed by atoms with E-state index in [0.29, 0.717) is 35.6 Å². The highest BCUT2D eigenvalue weighted by atomic mass is 16.6. The van der Waals surface area contributed by atoms with Gasteiger partial charge in [0.05, 0.1) is 16.8 Å². The van der Waals surface area contributed by atoms with Crippen LogP contribution in [0.4, 0.5) is 16.3 Å². The average molecular weight is 419 g/mol. The third kappa shape index (κ3) is 3.41. The molecule has 5 rings (SSSR count). The predicted molar refractivity (Wildman–Crippen MR) is 119 cm³/mol. The van der Waals surface area contributed by atoms with Crippen molar-refractivity contribution < 1.29 is 9.53 Å². The van der Waals surface area contributed by atoms with E-state index in [1.165, 1.54) is 4.57 Å². The maximum absolute atomic E-state index is 13.0.